The van der Waals surface area contributed by atoms with E-state index in [1.165, 1.54) is 34.1 Å². The number of hydrogen-bond acceptors (Lipinski definition) is 3. The molecule has 2 unspecified atom stereocenters. The van der Waals surface area contributed by atoms with E-state index in [1.54, 1.807) is 7.11 Å². The Kier molecular flexibility index (Phi) is 5.15. The average molecular weight is 415 g/mol. The Morgan fingerprint density at radius 1 is 1.33 bits per heavy atom. The molecule has 2 nitrogen and oxygen atoms in total. The van der Waals surface area contributed by atoms with Crippen molar-refractivity contribution in [2.24, 2.45) is 11.1 Å². The maximum absolute atomic E-state index is 5.14. The second-order valence-corrected chi connectivity index (χ2v) is 8.70. The average Bonchev–Trinajstić information content (AvgIpc) is 2.88. The van der Waals surface area contributed by atoms with E-state index in [4.69, 9.17) is 4.84 Å². The molecule has 4 heteroatoms. The van der Waals surface area contributed by atoms with Crippen LogP contribution in [0.5, 0.6) is 0 Å². The van der Waals surface area contributed by atoms with Gasteiger partial charge in [0.2, 0.25) is 0 Å². The van der Waals surface area contributed by atoms with E-state index in [2.05, 4.69) is 70.7 Å². The van der Waals surface area contributed by atoms with E-state index in [0.29, 0.717) is 11.8 Å². The number of nitrogens with zero attached hydrogens (tertiary/aromatic N) is 1. The van der Waals surface area contributed by atoms with Crippen LogP contribution in [0, 0.1) is 9.49 Å². The van der Waals surface area contributed by atoms with Crippen LogP contribution in [0.1, 0.15) is 44.1 Å². The summed E-state index contributed by atoms with van der Waals surface area (Å²) in [4.78, 5) is 5.14. The summed E-state index contributed by atoms with van der Waals surface area (Å²) >= 11 is 4.57. The number of benzene rings is 1. The van der Waals surface area contributed by atoms with Crippen LogP contribution in [0.25, 0.3) is 0 Å². The number of thioether (sulfide) groups is 1. The molecule has 114 valence electrons. The fourth-order valence-corrected chi connectivity index (χ4v) is 6.07. The van der Waals surface area contributed by atoms with Crippen molar-refractivity contribution in [1.29, 1.82) is 0 Å². The molecule has 2 bridgehead atoms. The van der Waals surface area contributed by atoms with Crippen LogP contribution in [-0.2, 0) is 4.84 Å². The Balaban J connectivity index is 1.95. The normalized spacial score (nSPS) is 32.2. The molecule has 1 aromatic rings. The molecule has 0 N–H and O–H groups in total. The Morgan fingerprint density at radius 3 is 2.76 bits per heavy atom. The van der Waals surface area contributed by atoms with E-state index < -0.39 is 0 Å². The standard InChI is InChI=1S/C17H22INOS/c1-3-15(19-20-2)17-14(10-13-8-9-16(17)21-13)11-4-6-12(18)7-5-11/h4-7,13-14,16-17H,3,8-10H2,1-2H3/t13?,14-,16?,17-/m1/s1. The molecule has 2 saturated heterocycles. The highest BCUT2D eigenvalue weighted by atomic mass is 127. The van der Waals surface area contributed by atoms with Gasteiger partial charge in [0.1, 0.15) is 7.11 Å². The predicted octanol–water partition coefficient (Wildman–Crippen LogP) is 5.07. The molecule has 0 aromatic heterocycles. The topological polar surface area (TPSA) is 21.6 Å². The summed E-state index contributed by atoms with van der Waals surface area (Å²) < 4.78 is 1.31. The van der Waals surface area contributed by atoms with Gasteiger partial charge in [0.15, 0.2) is 0 Å². The van der Waals surface area contributed by atoms with Gasteiger partial charge in [0, 0.05) is 20.0 Å². The molecule has 2 fully saturated rings. The molecule has 0 amide bonds. The first kappa shape index (κ1) is 15.7. The quantitative estimate of drug-likeness (QED) is 0.389. The first-order valence-corrected chi connectivity index (χ1v) is 9.76. The maximum atomic E-state index is 5.14. The van der Waals surface area contributed by atoms with Crippen LogP contribution in [0.2, 0.25) is 0 Å². The summed E-state index contributed by atoms with van der Waals surface area (Å²) in [6.45, 7) is 2.20. The fourth-order valence-electron chi connectivity index (χ4n) is 3.84. The van der Waals surface area contributed by atoms with Crippen LogP contribution < -0.4 is 0 Å². The van der Waals surface area contributed by atoms with Gasteiger partial charge in [-0.25, -0.2) is 0 Å². The first-order chi connectivity index (χ1) is 10.2. The largest absolute Gasteiger partial charge is 0.399 e. The summed E-state index contributed by atoms with van der Waals surface area (Å²) in [5.41, 5.74) is 2.73. The van der Waals surface area contributed by atoms with Gasteiger partial charge in [-0.05, 0) is 71.9 Å². The SMILES string of the molecule is CCC(=NOC)[C@@H]1C2CCC(C[C@@H]1c1ccc(I)cc1)S2. The first-order valence-electron chi connectivity index (χ1n) is 7.73. The number of oxime groups is 1. The lowest BCUT2D eigenvalue weighted by Crippen LogP contribution is -2.34. The lowest BCUT2D eigenvalue weighted by Gasteiger charge is -2.37. The Bertz CT molecular complexity index is 516. The van der Waals surface area contributed by atoms with Crippen molar-refractivity contribution in [3.05, 3.63) is 33.4 Å². The zero-order chi connectivity index (χ0) is 14.8. The van der Waals surface area contributed by atoms with Crippen molar-refractivity contribution in [2.75, 3.05) is 7.11 Å². The van der Waals surface area contributed by atoms with Crippen LogP contribution in [-0.4, -0.2) is 23.3 Å². The van der Waals surface area contributed by atoms with E-state index in [1.807, 2.05) is 0 Å². The van der Waals surface area contributed by atoms with Gasteiger partial charge in [0.25, 0.3) is 0 Å². The van der Waals surface area contributed by atoms with E-state index in [0.717, 1.165) is 16.9 Å². The van der Waals surface area contributed by atoms with Crippen LogP contribution in [0.4, 0.5) is 0 Å². The van der Waals surface area contributed by atoms with Gasteiger partial charge in [-0.2, -0.15) is 11.8 Å². The summed E-state index contributed by atoms with van der Waals surface area (Å²) in [5, 5.41) is 5.95. The second-order valence-electron chi connectivity index (χ2n) is 5.91. The molecular weight excluding hydrogens is 393 g/mol. The highest BCUT2D eigenvalue weighted by molar-refractivity contribution is 14.1. The summed E-state index contributed by atoms with van der Waals surface area (Å²) in [6, 6.07) is 9.09. The Morgan fingerprint density at radius 2 is 2.10 bits per heavy atom. The zero-order valence-corrected chi connectivity index (χ0v) is 15.6. The summed E-state index contributed by atoms with van der Waals surface area (Å²) in [6.07, 6.45) is 4.98. The van der Waals surface area contributed by atoms with E-state index in [-0.39, 0.29) is 0 Å². The van der Waals surface area contributed by atoms with Gasteiger partial charge in [-0.1, -0.05) is 24.2 Å². The molecule has 0 saturated carbocycles. The molecule has 0 radical (unpaired) electrons. The number of halogens is 1. The van der Waals surface area contributed by atoms with Gasteiger partial charge >= 0.3 is 0 Å². The van der Waals surface area contributed by atoms with Gasteiger partial charge in [0.05, 0.1) is 5.71 Å². The molecule has 2 aliphatic rings. The van der Waals surface area contributed by atoms with Crippen molar-refractivity contribution in [3.8, 4) is 0 Å². The van der Waals surface area contributed by atoms with Crippen LogP contribution in [0.15, 0.2) is 29.4 Å². The minimum Gasteiger partial charge on any atom is -0.399 e. The lowest BCUT2D eigenvalue weighted by atomic mass is 9.78. The van der Waals surface area contributed by atoms with E-state index in [9.17, 15) is 0 Å². The van der Waals surface area contributed by atoms with Crippen LogP contribution in [0.3, 0.4) is 0 Å². The van der Waals surface area contributed by atoms with Crippen molar-refractivity contribution in [2.45, 2.75) is 49.0 Å². The van der Waals surface area contributed by atoms with Crippen LogP contribution >= 0.6 is 34.4 Å². The van der Waals surface area contributed by atoms with Gasteiger partial charge in [-0.3, -0.25) is 0 Å². The molecule has 2 heterocycles. The third-order valence-electron chi connectivity index (χ3n) is 4.74. The molecule has 1 aromatic carbocycles. The molecule has 0 spiro atoms. The second kappa shape index (κ2) is 6.90. The molecule has 0 aliphatic carbocycles. The fraction of sp³-hybridized carbons (Fsp3) is 0.588. The molecule has 21 heavy (non-hydrogen) atoms. The monoisotopic (exact) mass is 415 g/mol. The maximum Gasteiger partial charge on any atom is 0.106 e. The highest BCUT2D eigenvalue weighted by Gasteiger charge is 2.45. The van der Waals surface area contributed by atoms with Crippen molar-refractivity contribution in [3.63, 3.8) is 0 Å². The highest BCUT2D eigenvalue weighted by Crippen LogP contribution is 2.53. The number of fused-ring (bicyclic) bond motifs is 2. The van der Waals surface area contributed by atoms with Crippen molar-refractivity contribution >= 4 is 40.1 Å². The minimum atomic E-state index is 0.541. The molecule has 3 rings (SSSR count). The van der Waals surface area contributed by atoms with E-state index >= 15 is 0 Å². The molecule has 4 atom stereocenters. The van der Waals surface area contributed by atoms with Gasteiger partial charge in [-0.15, -0.1) is 0 Å². The zero-order valence-electron chi connectivity index (χ0n) is 12.6. The Hall–Kier alpha value is -0.230. The predicted molar refractivity (Wildman–Crippen MR) is 99.1 cm³/mol. The lowest BCUT2D eigenvalue weighted by molar-refractivity contribution is 0.209. The Labute approximate surface area is 145 Å². The summed E-state index contributed by atoms with van der Waals surface area (Å²) in [5.74, 6) is 1.15. The smallest absolute Gasteiger partial charge is 0.106 e. The number of rotatable bonds is 4. The molecular formula is C17H22INOS. The van der Waals surface area contributed by atoms with Crippen molar-refractivity contribution < 1.29 is 4.84 Å². The number of hydrogen-bond donors (Lipinski definition) is 0. The summed E-state index contributed by atoms with van der Waals surface area (Å²) in [7, 11) is 1.67. The third kappa shape index (κ3) is 3.26. The minimum absolute atomic E-state index is 0.541. The third-order valence-corrected chi connectivity index (χ3v) is 7.16. The van der Waals surface area contributed by atoms with Crippen molar-refractivity contribution in [1.82, 2.24) is 0 Å². The van der Waals surface area contributed by atoms with Gasteiger partial charge < -0.3 is 4.84 Å². The molecule has 2 aliphatic heterocycles.